The van der Waals surface area contributed by atoms with Crippen molar-refractivity contribution in [1.82, 2.24) is 19.9 Å². The minimum absolute atomic E-state index is 0.0648. The molecule has 8 bridgehead atoms. The highest BCUT2D eigenvalue weighted by molar-refractivity contribution is 5.91. The van der Waals surface area contributed by atoms with Crippen molar-refractivity contribution in [3.63, 3.8) is 0 Å². The van der Waals surface area contributed by atoms with Crippen molar-refractivity contribution >= 4 is 11.9 Å². The monoisotopic (exact) mass is 488 g/mol. The first-order valence-electron chi connectivity index (χ1n) is 10.3. The van der Waals surface area contributed by atoms with Crippen LogP contribution in [-0.4, -0.2) is 46.1 Å². The van der Waals surface area contributed by atoms with Crippen LogP contribution in [0.3, 0.4) is 0 Å². The molecule has 36 heavy (non-hydrogen) atoms. The zero-order chi connectivity index (χ0) is 25.1. The van der Waals surface area contributed by atoms with Crippen molar-refractivity contribution < 1.29 is 38.0 Å². The van der Waals surface area contributed by atoms with Gasteiger partial charge >= 0.3 is 11.9 Å². The van der Waals surface area contributed by atoms with Gasteiger partial charge in [0.15, 0.2) is 0 Å². The summed E-state index contributed by atoms with van der Waals surface area (Å²) in [5.41, 5.74) is 0.328. The zero-order valence-corrected chi connectivity index (χ0v) is 18.8. The molecule has 12 heteroatoms. The van der Waals surface area contributed by atoms with Crippen molar-refractivity contribution in [3.05, 3.63) is 72.3 Å². The second kappa shape index (κ2) is 9.54. The Hall–Kier alpha value is -5.26. The summed E-state index contributed by atoms with van der Waals surface area (Å²) in [6.45, 7) is 0. The molecule has 0 spiro atoms. The third-order valence-corrected chi connectivity index (χ3v) is 4.67. The normalized spacial score (nSPS) is 11.6. The molecule has 0 amide bonds. The minimum Gasteiger partial charge on any atom is -0.465 e. The van der Waals surface area contributed by atoms with E-state index in [1.54, 1.807) is 0 Å². The van der Waals surface area contributed by atoms with Gasteiger partial charge in [0.2, 0.25) is 23.5 Å². The number of carbonyl (C=O) groups is 2. The maximum atomic E-state index is 12.2. The molecule has 5 rings (SSSR count). The molecule has 0 saturated carbocycles. The number of ether oxygens (including phenoxy) is 6. The third-order valence-electron chi connectivity index (χ3n) is 4.67. The molecule has 0 atom stereocenters. The van der Waals surface area contributed by atoms with Crippen LogP contribution in [-0.2, 0) is 9.47 Å². The molecule has 0 N–H and O–H groups in total. The average Bonchev–Trinajstić information content (AvgIpc) is 2.87. The first kappa shape index (κ1) is 22.5. The Labute approximate surface area is 203 Å². The van der Waals surface area contributed by atoms with E-state index in [4.69, 9.17) is 28.4 Å². The fourth-order valence-corrected chi connectivity index (χ4v) is 3.19. The van der Waals surface area contributed by atoms with Crippen LogP contribution in [0.25, 0.3) is 0 Å². The Morgan fingerprint density at radius 3 is 1.14 bits per heavy atom. The molecule has 2 aromatic heterocycles. The van der Waals surface area contributed by atoms with Gasteiger partial charge in [0.25, 0.3) is 0 Å². The Bertz CT molecular complexity index is 1290. The molecule has 180 valence electrons. The number of aromatic nitrogens is 4. The van der Waals surface area contributed by atoms with Crippen LogP contribution >= 0.6 is 0 Å². The second-order valence-corrected chi connectivity index (χ2v) is 7.17. The molecular weight excluding hydrogens is 472 g/mol. The lowest BCUT2D eigenvalue weighted by Crippen LogP contribution is -2.04. The molecule has 0 aliphatic carbocycles. The van der Waals surface area contributed by atoms with Crippen LogP contribution in [0.15, 0.2) is 61.2 Å². The maximum Gasteiger partial charge on any atom is 0.338 e. The summed E-state index contributed by atoms with van der Waals surface area (Å²) in [7, 11) is 2.52. The molecule has 4 aromatic rings. The largest absolute Gasteiger partial charge is 0.465 e. The predicted octanol–water partition coefficient (Wildman–Crippen LogP) is 4.32. The first-order chi connectivity index (χ1) is 17.5. The van der Waals surface area contributed by atoms with Crippen molar-refractivity contribution in [2.45, 2.75) is 0 Å². The van der Waals surface area contributed by atoms with Gasteiger partial charge in [-0.3, -0.25) is 9.97 Å². The van der Waals surface area contributed by atoms with Crippen LogP contribution in [0, 0.1) is 0 Å². The van der Waals surface area contributed by atoms with Gasteiger partial charge in [0.1, 0.15) is 23.0 Å². The number of hydrogen-bond acceptors (Lipinski definition) is 12. The van der Waals surface area contributed by atoms with Gasteiger partial charge in [-0.25, -0.2) is 9.59 Å². The first-order valence-corrected chi connectivity index (χ1v) is 10.3. The third kappa shape index (κ3) is 4.97. The number of benzene rings is 2. The van der Waals surface area contributed by atoms with Crippen LogP contribution in [0.1, 0.15) is 20.7 Å². The number of rotatable bonds is 2. The highest BCUT2D eigenvalue weighted by atomic mass is 16.5. The minimum atomic E-state index is -0.606. The highest BCUT2D eigenvalue weighted by Gasteiger charge is 2.16. The molecule has 1 aliphatic rings. The fourth-order valence-electron chi connectivity index (χ4n) is 3.19. The van der Waals surface area contributed by atoms with Gasteiger partial charge in [0, 0.05) is 12.1 Å². The Morgan fingerprint density at radius 2 is 0.861 bits per heavy atom. The van der Waals surface area contributed by atoms with E-state index in [1.807, 2.05) is 0 Å². The molecule has 0 saturated heterocycles. The summed E-state index contributed by atoms with van der Waals surface area (Å²) in [4.78, 5) is 41.1. The second-order valence-electron chi connectivity index (χ2n) is 7.17. The standard InChI is InChI=1S/C24H16N4O8/c1-31-23(29)13-3-15-7-16(4-13)34-20-10-26-12-22(28-20)36-18-6-14(24(30)32-2)5-17(8-18)35-21-11-25-9-19(27-21)33-15/h3-12H,1-2H3. The fraction of sp³-hybridized carbons (Fsp3) is 0.0833. The van der Waals surface area contributed by atoms with Crippen molar-refractivity contribution in [2.24, 2.45) is 0 Å². The number of esters is 2. The Morgan fingerprint density at radius 1 is 0.556 bits per heavy atom. The Balaban J connectivity index is 1.64. The highest BCUT2D eigenvalue weighted by Crippen LogP contribution is 2.33. The molecule has 0 unspecified atom stereocenters. The average molecular weight is 488 g/mol. The molecule has 0 radical (unpaired) electrons. The quantitative estimate of drug-likeness (QED) is 0.327. The lowest BCUT2D eigenvalue weighted by Gasteiger charge is -2.13. The predicted molar refractivity (Wildman–Crippen MR) is 120 cm³/mol. The number of nitrogens with zero attached hydrogens (tertiary/aromatic N) is 4. The number of methoxy groups -OCH3 is 2. The van der Waals surface area contributed by atoms with E-state index < -0.39 is 11.9 Å². The van der Waals surface area contributed by atoms with Crippen molar-refractivity contribution in [3.8, 4) is 46.5 Å². The summed E-state index contributed by atoms with van der Waals surface area (Å²) in [5, 5.41) is 0. The number of carbonyl (C=O) groups excluding carboxylic acids is 2. The number of hydrogen-bond donors (Lipinski definition) is 0. The molecule has 2 aromatic carbocycles. The van der Waals surface area contributed by atoms with E-state index in [0.717, 1.165) is 0 Å². The molecule has 1 aliphatic heterocycles. The SMILES string of the molecule is COC(=O)c1cc2cc(c1)Oc1cncc(n1)Oc1cc(cc(C(=O)OC)c1)Oc1cncc(n1)O2. The van der Waals surface area contributed by atoms with Crippen LogP contribution < -0.4 is 18.9 Å². The lowest BCUT2D eigenvalue weighted by molar-refractivity contribution is 0.0591. The summed E-state index contributed by atoms with van der Waals surface area (Å²) in [6.07, 6.45) is 5.43. The lowest BCUT2D eigenvalue weighted by atomic mass is 10.2. The molecule has 0 fully saturated rings. The summed E-state index contributed by atoms with van der Waals surface area (Å²) < 4.78 is 32.9. The molecular formula is C24H16N4O8. The van der Waals surface area contributed by atoms with E-state index >= 15 is 0 Å². The van der Waals surface area contributed by atoms with Crippen LogP contribution in [0.2, 0.25) is 0 Å². The van der Waals surface area contributed by atoms with Crippen LogP contribution in [0.5, 0.6) is 46.5 Å². The zero-order valence-electron chi connectivity index (χ0n) is 18.8. The summed E-state index contributed by atoms with van der Waals surface area (Å²) in [6, 6.07) is 8.85. The van der Waals surface area contributed by atoms with Gasteiger partial charge in [-0.1, -0.05) is 0 Å². The van der Waals surface area contributed by atoms with Crippen molar-refractivity contribution in [1.29, 1.82) is 0 Å². The Kier molecular flexibility index (Phi) is 5.97. The van der Waals surface area contributed by atoms with Crippen molar-refractivity contribution in [2.75, 3.05) is 14.2 Å². The van der Waals surface area contributed by atoms with Gasteiger partial charge < -0.3 is 28.4 Å². The topological polar surface area (TPSA) is 141 Å². The van der Waals surface area contributed by atoms with E-state index in [9.17, 15) is 9.59 Å². The van der Waals surface area contributed by atoms with E-state index in [1.165, 1.54) is 75.4 Å². The number of fused-ring (bicyclic) bond motifs is 8. The summed E-state index contributed by atoms with van der Waals surface area (Å²) in [5.74, 6) is -0.112. The van der Waals surface area contributed by atoms with Gasteiger partial charge in [-0.05, 0) is 24.3 Å². The van der Waals surface area contributed by atoms with Crippen LogP contribution in [0.4, 0.5) is 0 Å². The van der Waals surface area contributed by atoms with E-state index in [0.29, 0.717) is 0 Å². The maximum absolute atomic E-state index is 12.2. The summed E-state index contributed by atoms with van der Waals surface area (Å²) >= 11 is 0. The van der Waals surface area contributed by atoms with Gasteiger partial charge in [-0.2, -0.15) is 9.97 Å². The van der Waals surface area contributed by atoms with Gasteiger partial charge in [-0.15, -0.1) is 0 Å². The van der Waals surface area contributed by atoms with E-state index in [-0.39, 0.29) is 57.6 Å². The van der Waals surface area contributed by atoms with Gasteiger partial charge in [0.05, 0.1) is 50.1 Å². The molecule has 3 heterocycles. The molecule has 12 nitrogen and oxygen atoms in total. The smallest absolute Gasteiger partial charge is 0.338 e. The van der Waals surface area contributed by atoms with E-state index in [2.05, 4.69) is 19.9 Å².